The molecule has 0 aliphatic heterocycles. The van der Waals surface area contributed by atoms with Gasteiger partial charge in [0.25, 0.3) is 5.91 Å². The first-order valence-corrected chi connectivity index (χ1v) is 8.54. The normalized spacial score (nSPS) is 11.0. The maximum Gasteiger partial charge on any atom is 0.266 e. The smallest absolute Gasteiger partial charge is 0.266 e. The highest BCUT2D eigenvalue weighted by Crippen LogP contribution is 2.25. The van der Waals surface area contributed by atoms with E-state index in [0.717, 1.165) is 10.5 Å². The molecule has 0 aromatic heterocycles. The zero-order valence-corrected chi connectivity index (χ0v) is 14.5. The van der Waals surface area contributed by atoms with Gasteiger partial charge in [-0.15, -0.1) is 11.8 Å². The second-order valence-corrected chi connectivity index (χ2v) is 6.22. The number of amides is 1. The number of carbonyl (C=O) groups is 1. The lowest BCUT2D eigenvalue weighted by atomic mass is 10.1. The SMILES string of the molecule is CSc1ccc(/C=C(/C#N)C(=O)Nc2ccc(Cl)c(Cl)c2)cc1. The number of nitrogens with one attached hydrogen (secondary N) is 1. The number of carbonyl (C=O) groups excluding carboxylic acids is 1. The molecule has 0 bridgehead atoms. The fourth-order valence-corrected chi connectivity index (χ4v) is 2.49. The van der Waals surface area contributed by atoms with Crippen LogP contribution >= 0.6 is 35.0 Å². The summed E-state index contributed by atoms with van der Waals surface area (Å²) < 4.78 is 0. The van der Waals surface area contributed by atoms with Crippen LogP contribution in [0.3, 0.4) is 0 Å². The van der Waals surface area contributed by atoms with E-state index in [2.05, 4.69) is 5.32 Å². The van der Waals surface area contributed by atoms with E-state index in [1.165, 1.54) is 12.1 Å². The molecule has 0 saturated carbocycles. The summed E-state index contributed by atoms with van der Waals surface area (Å²) in [5.74, 6) is -0.500. The van der Waals surface area contributed by atoms with Gasteiger partial charge in [-0.2, -0.15) is 5.26 Å². The molecule has 2 aromatic carbocycles. The van der Waals surface area contributed by atoms with Crippen molar-refractivity contribution >= 4 is 52.6 Å². The van der Waals surface area contributed by atoms with Crippen molar-refractivity contribution in [2.45, 2.75) is 4.90 Å². The van der Waals surface area contributed by atoms with Crippen molar-refractivity contribution in [1.29, 1.82) is 5.26 Å². The maximum absolute atomic E-state index is 12.2. The van der Waals surface area contributed by atoms with E-state index in [-0.39, 0.29) is 5.57 Å². The minimum absolute atomic E-state index is 0.00738. The fraction of sp³-hybridized carbons (Fsp3) is 0.0588. The molecule has 0 radical (unpaired) electrons. The van der Waals surface area contributed by atoms with Gasteiger partial charge in [0, 0.05) is 10.6 Å². The second kappa shape index (κ2) is 8.07. The molecule has 1 amide bonds. The molecule has 0 aliphatic rings. The maximum atomic E-state index is 12.2. The van der Waals surface area contributed by atoms with Crippen molar-refractivity contribution in [2.24, 2.45) is 0 Å². The molecule has 2 rings (SSSR count). The first kappa shape index (κ1) is 17.4. The summed E-state index contributed by atoms with van der Waals surface area (Å²) in [6, 6.07) is 14.2. The third-order valence-corrected chi connectivity index (χ3v) is 4.45. The summed E-state index contributed by atoms with van der Waals surface area (Å²) in [4.78, 5) is 13.3. The van der Waals surface area contributed by atoms with E-state index in [9.17, 15) is 10.1 Å². The largest absolute Gasteiger partial charge is 0.321 e. The van der Waals surface area contributed by atoms with Crippen molar-refractivity contribution in [3.8, 4) is 6.07 Å². The molecule has 0 fully saturated rings. The minimum atomic E-state index is -0.500. The molecule has 3 nitrogen and oxygen atoms in total. The zero-order valence-electron chi connectivity index (χ0n) is 12.1. The zero-order chi connectivity index (χ0) is 16.8. The van der Waals surface area contributed by atoms with Crippen LogP contribution < -0.4 is 5.32 Å². The lowest BCUT2D eigenvalue weighted by Gasteiger charge is -2.06. The third kappa shape index (κ3) is 4.77. The van der Waals surface area contributed by atoms with Gasteiger partial charge < -0.3 is 5.32 Å². The first-order chi connectivity index (χ1) is 11.0. The van der Waals surface area contributed by atoms with Crippen LogP contribution in [-0.4, -0.2) is 12.2 Å². The number of hydrogen-bond acceptors (Lipinski definition) is 3. The predicted molar refractivity (Wildman–Crippen MR) is 96.9 cm³/mol. The minimum Gasteiger partial charge on any atom is -0.321 e. The van der Waals surface area contributed by atoms with Gasteiger partial charge in [-0.3, -0.25) is 4.79 Å². The lowest BCUT2D eigenvalue weighted by molar-refractivity contribution is -0.112. The number of anilines is 1. The Kier molecular flexibility index (Phi) is 6.12. The van der Waals surface area contributed by atoms with Crippen LogP contribution in [0.25, 0.3) is 6.08 Å². The Bertz CT molecular complexity index is 795. The topological polar surface area (TPSA) is 52.9 Å². The van der Waals surface area contributed by atoms with Gasteiger partial charge in [-0.05, 0) is 48.2 Å². The molecule has 0 heterocycles. The number of halogens is 2. The molecule has 0 saturated heterocycles. The Labute approximate surface area is 148 Å². The van der Waals surface area contributed by atoms with E-state index in [4.69, 9.17) is 23.2 Å². The second-order valence-electron chi connectivity index (χ2n) is 4.53. The predicted octanol–water partition coefficient (Wildman–Crippen LogP) is 5.26. The number of nitrogens with zero attached hydrogens (tertiary/aromatic N) is 1. The van der Waals surface area contributed by atoms with Crippen LogP contribution in [-0.2, 0) is 4.79 Å². The van der Waals surface area contributed by atoms with E-state index in [1.807, 2.05) is 36.6 Å². The van der Waals surface area contributed by atoms with E-state index < -0.39 is 5.91 Å². The van der Waals surface area contributed by atoms with Crippen molar-refractivity contribution < 1.29 is 4.79 Å². The molecular weight excluding hydrogens is 351 g/mol. The van der Waals surface area contributed by atoms with Crippen molar-refractivity contribution in [3.63, 3.8) is 0 Å². The number of rotatable bonds is 4. The molecule has 116 valence electrons. The van der Waals surface area contributed by atoms with Crippen LogP contribution in [0, 0.1) is 11.3 Å². The Hall–Kier alpha value is -1.93. The summed E-state index contributed by atoms with van der Waals surface area (Å²) in [6.07, 6.45) is 3.52. The summed E-state index contributed by atoms with van der Waals surface area (Å²) in [6.45, 7) is 0. The highest BCUT2D eigenvalue weighted by molar-refractivity contribution is 7.98. The van der Waals surface area contributed by atoms with E-state index >= 15 is 0 Å². The number of benzene rings is 2. The molecule has 1 N–H and O–H groups in total. The van der Waals surface area contributed by atoms with Gasteiger partial charge in [0.05, 0.1) is 10.0 Å². The number of thioether (sulfide) groups is 1. The van der Waals surface area contributed by atoms with Crippen molar-refractivity contribution in [3.05, 3.63) is 63.6 Å². The van der Waals surface area contributed by atoms with Crippen LogP contribution in [0.15, 0.2) is 52.9 Å². The average molecular weight is 363 g/mol. The quantitative estimate of drug-likeness (QED) is 0.458. The van der Waals surface area contributed by atoms with Gasteiger partial charge in [0.15, 0.2) is 0 Å². The molecule has 6 heteroatoms. The third-order valence-electron chi connectivity index (χ3n) is 2.97. The standard InChI is InChI=1S/C17H12Cl2N2OS/c1-23-14-5-2-11(3-6-14)8-12(10-20)17(22)21-13-4-7-15(18)16(19)9-13/h2-9H,1H3,(H,21,22)/b12-8-. The number of nitriles is 1. The van der Waals surface area contributed by atoms with Crippen LogP contribution in [0.2, 0.25) is 10.0 Å². The van der Waals surface area contributed by atoms with Crippen LogP contribution in [0.4, 0.5) is 5.69 Å². The van der Waals surface area contributed by atoms with Gasteiger partial charge >= 0.3 is 0 Å². The van der Waals surface area contributed by atoms with Gasteiger partial charge in [0.1, 0.15) is 11.6 Å². The summed E-state index contributed by atoms with van der Waals surface area (Å²) in [5.41, 5.74) is 1.26. The fourth-order valence-electron chi connectivity index (χ4n) is 1.79. The Morgan fingerprint density at radius 2 is 1.87 bits per heavy atom. The highest BCUT2D eigenvalue weighted by Gasteiger charge is 2.10. The monoisotopic (exact) mass is 362 g/mol. The number of hydrogen-bond donors (Lipinski definition) is 1. The van der Waals surface area contributed by atoms with Crippen molar-refractivity contribution in [1.82, 2.24) is 0 Å². The summed E-state index contributed by atoms with van der Waals surface area (Å²) in [7, 11) is 0. The first-order valence-electron chi connectivity index (χ1n) is 6.55. The van der Waals surface area contributed by atoms with E-state index in [0.29, 0.717) is 15.7 Å². The highest BCUT2D eigenvalue weighted by atomic mass is 35.5. The Morgan fingerprint density at radius 3 is 2.43 bits per heavy atom. The van der Waals surface area contributed by atoms with E-state index in [1.54, 1.807) is 23.9 Å². The molecule has 0 unspecified atom stereocenters. The molecule has 0 spiro atoms. The van der Waals surface area contributed by atoms with Crippen LogP contribution in [0.5, 0.6) is 0 Å². The van der Waals surface area contributed by atoms with Gasteiger partial charge in [0.2, 0.25) is 0 Å². The summed E-state index contributed by atoms with van der Waals surface area (Å²) in [5, 5.41) is 12.6. The molecular formula is C17H12Cl2N2OS. The van der Waals surface area contributed by atoms with Crippen LogP contribution in [0.1, 0.15) is 5.56 Å². The van der Waals surface area contributed by atoms with Crippen molar-refractivity contribution in [2.75, 3.05) is 11.6 Å². The molecule has 2 aromatic rings. The average Bonchev–Trinajstić information content (AvgIpc) is 2.56. The lowest BCUT2D eigenvalue weighted by Crippen LogP contribution is -2.13. The molecule has 23 heavy (non-hydrogen) atoms. The Balaban J connectivity index is 2.18. The summed E-state index contributed by atoms with van der Waals surface area (Å²) >= 11 is 13.4. The van der Waals surface area contributed by atoms with Gasteiger partial charge in [-0.25, -0.2) is 0 Å². The molecule has 0 aliphatic carbocycles. The molecule has 0 atom stereocenters. The van der Waals surface area contributed by atoms with Gasteiger partial charge in [-0.1, -0.05) is 35.3 Å². The Morgan fingerprint density at radius 1 is 1.17 bits per heavy atom.